The molecule has 0 amide bonds. The van der Waals surface area contributed by atoms with Crippen LogP contribution in [0.15, 0.2) is 24.3 Å². The van der Waals surface area contributed by atoms with Crippen LogP contribution in [-0.2, 0) is 17.7 Å². The molecular weight excluding hydrogens is 262 g/mol. The number of para-hydroxylation sites is 2. The van der Waals surface area contributed by atoms with Crippen molar-refractivity contribution in [2.45, 2.75) is 32.7 Å². The molecule has 0 aliphatic carbocycles. The quantitative estimate of drug-likeness (QED) is 0.765. The first-order valence-electron chi connectivity index (χ1n) is 8.12. The second-order valence-corrected chi connectivity index (χ2v) is 5.68. The Balaban J connectivity index is 1.57. The number of ether oxygens (including phenoxy) is 1. The first-order valence-corrected chi connectivity index (χ1v) is 8.12. The molecule has 2 heterocycles. The Labute approximate surface area is 126 Å². The second-order valence-electron chi connectivity index (χ2n) is 5.68. The number of aromatic nitrogens is 2. The van der Waals surface area contributed by atoms with E-state index in [9.17, 15) is 0 Å². The van der Waals surface area contributed by atoms with Gasteiger partial charge in [0.2, 0.25) is 0 Å². The second kappa shape index (κ2) is 7.05. The number of unbranched alkanes of at least 4 members (excludes halogenated alkanes) is 1. The molecule has 0 atom stereocenters. The van der Waals surface area contributed by atoms with E-state index in [1.165, 1.54) is 30.7 Å². The van der Waals surface area contributed by atoms with E-state index < -0.39 is 0 Å². The van der Waals surface area contributed by atoms with Gasteiger partial charge in [-0.1, -0.05) is 19.1 Å². The molecule has 3 rings (SSSR count). The Hall–Kier alpha value is -1.39. The van der Waals surface area contributed by atoms with Crippen LogP contribution in [0.2, 0.25) is 0 Å². The van der Waals surface area contributed by atoms with Crippen molar-refractivity contribution in [1.82, 2.24) is 14.5 Å². The fourth-order valence-corrected chi connectivity index (χ4v) is 3.07. The third-order valence-electron chi connectivity index (χ3n) is 4.26. The third kappa shape index (κ3) is 3.44. The fraction of sp³-hybridized carbons (Fsp3) is 0.588. The van der Waals surface area contributed by atoms with Crippen LogP contribution in [0, 0.1) is 0 Å². The van der Waals surface area contributed by atoms with Crippen LogP contribution in [0.4, 0.5) is 0 Å². The summed E-state index contributed by atoms with van der Waals surface area (Å²) in [6, 6.07) is 8.47. The van der Waals surface area contributed by atoms with Crippen LogP contribution in [0.5, 0.6) is 0 Å². The maximum Gasteiger partial charge on any atom is 0.109 e. The molecule has 0 spiro atoms. The molecule has 0 bridgehead atoms. The van der Waals surface area contributed by atoms with Gasteiger partial charge >= 0.3 is 0 Å². The van der Waals surface area contributed by atoms with Gasteiger partial charge in [0, 0.05) is 26.1 Å². The van der Waals surface area contributed by atoms with Crippen molar-refractivity contribution in [3.63, 3.8) is 0 Å². The summed E-state index contributed by atoms with van der Waals surface area (Å²) in [6.07, 6.45) is 3.46. The van der Waals surface area contributed by atoms with E-state index in [-0.39, 0.29) is 0 Å². The number of nitrogens with zero attached hydrogens (tertiary/aromatic N) is 3. The van der Waals surface area contributed by atoms with Crippen molar-refractivity contribution in [2.75, 3.05) is 32.8 Å². The number of fused-ring (bicyclic) bond motifs is 1. The molecule has 0 unspecified atom stereocenters. The molecule has 114 valence electrons. The average Bonchev–Trinajstić information content (AvgIpc) is 2.90. The van der Waals surface area contributed by atoms with Crippen LogP contribution in [0.25, 0.3) is 11.0 Å². The Bertz CT molecular complexity index is 572. The van der Waals surface area contributed by atoms with E-state index in [1.807, 2.05) is 0 Å². The lowest BCUT2D eigenvalue weighted by atomic mass is 10.2. The number of morpholine rings is 1. The molecule has 1 aliphatic heterocycles. The molecule has 21 heavy (non-hydrogen) atoms. The van der Waals surface area contributed by atoms with Crippen molar-refractivity contribution in [2.24, 2.45) is 0 Å². The maximum absolute atomic E-state index is 5.39. The van der Waals surface area contributed by atoms with Crippen molar-refractivity contribution in [1.29, 1.82) is 0 Å². The Morgan fingerprint density at radius 1 is 1.10 bits per heavy atom. The van der Waals surface area contributed by atoms with Crippen LogP contribution in [0.1, 0.15) is 25.6 Å². The fourth-order valence-electron chi connectivity index (χ4n) is 3.07. The first-order chi connectivity index (χ1) is 10.4. The van der Waals surface area contributed by atoms with Gasteiger partial charge in [-0.3, -0.25) is 4.90 Å². The molecule has 2 aromatic rings. The first kappa shape index (κ1) is 14.5. The normalized spacial score (nSPS) is 16.6. The standard InChI is InChI=1S/C17H25N3O/c1-2-17-18-15-7-3-4-8-16(15)20(17)10-6-5-9-19-11-13-21-14-12-19/h3-4,7-8H,2,5-6,9-14H2,1H3. The Morgan fingerprint density at radius 3 is 2.67 bits per heavy atom. The summed E-state index contributed by atoms with van der Waals surface area (Å²) in [4.78, 5) is 7.25. The molecule has 1 saturated heterocycles. The molecule has 1 aromatic heterocycles. The van der Waals surface area contributed by atoms with E-state index >= 15 is 0 Å². The van der Waals surface area contributed by atoms with E-state index in [0.29, 0.717) is 0 Å². The summed E-state index contributed by atoms with van der Waals surface area (Å²) in [5.74, 6) is 1.21. The number of hydrogen-bond donors (Lipinski definition) is 0. The highest BCUT2D eigenvalue weighted by Crippen LogP contribution is 2.17. The summed E-state index contributed by atoms with van der Waals surface area (Å²) >= 11 is 0. The van der Waals surface area contributed by atoms with Gasteiger partial charge in [-0.25, -0.2) is 4.98 Å². The molecular formula is C17H25N3O. The van der Waals surface area contributed by atoms with Crippen molar-refractivity contribution in [3.05, 3.63) is 30.1 Å². The zero-order valence-corrected chi connectivity index (χ0v) is 12.9. The minimum Gasteiger partial charge on any atom is -0.379 e. The summed E-state index contributed by atoms with van der Waals surface area (Å²) in [6.45, 7) is 8.43. The summed E-state index contributed by atoms with van der Waals surface area (Å²) in [5, 5.41) is 0. The van der Waals surface area contributed by atoms with Crippen LogP contribution in [-0.4, -0.2) is 47.3 Å². The van der Waals surface area contributed by atoms with Gasteiger partial charge in [0.15, 0.2) is 0 Å². The Kier molecular flexibility index (Phi) is 4.88. The highest BCUT2D eigenvalue weighted by Gasteiger charge is 2.11. The van der Waals surface area contributed by atoms with Crippen molar-refractivity contribution in [3.8, 4) is 0 Å². The highest BCUT2D eigenvalue weighted by atomic mass is 16.5. The minimum absolute atomic E-state index is 0.895. The summed E-state index contributed by atoms with van der Waals surface area (Å²) in [5.41, 5.74) is 2.41. The molecule has 4 nitrogen and oxygen atoms in total. The molecule has 0 saturated carbocycles. The van der Waals surface area contributed by atoms with Gasteiger partial charge in [0.25, 0.3) is 0 Å². The maximum atomic E-state index is 5.39. The largest absolute Gasteiger partial charge is 0.379 e. The van der Waals surface area contributed by atoms with Crippen LogP contribution >= 0.6 is 0 Å². The van der Waals surface area contributed by atoms with Crippen LogP contribution in [0.3, 0.4) is 0 Å². The van der Waals surface area contributed by atoms with E-state index in [4.69, 9.17) is 9.72 Å². The monoisotopic (exact) mass is 287 g/mol. The van der Waals surface area contributed by atoms with Gasteiger partial charge in [-0.2, -0.15) is 0 Å². The van der Waals surface area contributed by atoms with E-state index in [1.54, 1.807) is 0 Å². The topological polar surface area (TPSA) is 30.3 Å². The minimum atomic E-state index is 0.895. The number of aryl methyl sites for hydroxylation is 2. The Morgan fingerprint density at radius 2 is 1.86 bits per heavy atom. The lowest BCUT2D eigenvalue weighted by Crippen LogP contribution is -2.36. The molecule has 1 aromatic carbocycles. The number of benzene rings is 1. The van der Waals surface area contributed by atoms with Crippen molar-refractivity contribution < 1.29 is 4.74 Å². The van der Waals surface area contributed by atoms with E-state index in [0.717, 1.165) is 44.8 Å². The lowest BCUT2D eigenvalue weighted by molar-refractivity contribution is 0.0371. The predicted molar refractivity (Wildman–Crippen MR) is 85.6 cm³/mol. The van der Waals surface area contributed by atoms with Gasteiger partial charge in [0.1, 0.15) is 5.82 Å². The van der Waals surface area contributed by atoms with Gasteiger partial charge < -0.3 is 9.30 Å². The molecule has 1 fully saturated rings. The smallest absolute Gasteiger partial charge is 0.109 e. The van der Waals surface area contributed by atoms with E-state index in [2.05, 4.69) is 40.7 Å². The number of rotatable bonds is 6. The van der Waals surface area contributed by atoms with Crippen molar-refractivity contribution >= 4 is 11.0 Å². The van der Waals surface area contributed by atoms with Gasteiger partial charge in [0.05, 0.1) is 24.2 Å². The highest BCUT2D eigenvalue weighted by molar-refractivity contribution is 5.75. The average molecular weight is 287 g/mol. The molecule has 1 aliphatic rings. The lowest BCUT2D eigenvalue weighted by Gasteiger charge is -2.26. The van der Waals surface area contributed by atoms with Crippen LogP contribution < -0.4 is 0 Å². The zero-order valence-electron chi connectivity index (χ0n) is 12.9. The molecule has 0 radical (unpaired) electrons. The van der Waals surface area contributed by atoms with Gasteiger partial charge in [-0.15, -0.1) is 0 Å². The SMILES string of the molecule is CCc1nc2ccccc2n1CCCCN1CCOCC1. The molecule has 0 N–H and O–H groups in total. The number of imidazole rings is 1. The summed E-state index contributed by atoms with van der Waals surface area (Å²) in [7, 11) is 0. The zero-order chi connectivity index (χ0) is 14.5. The molecule has 4 heteroatoms. The van der Waals surface area contributed by atoms with Gasteiger partial charge in [-0.05, 0) is 31.5 Å². The third-order valence-corrected chi connectivity index (χ3v) is 4.26. The summed E-state index contributed by atoms with van der Waals surface area (Å²) < 4.78 is 7.79. The predicted octanol–water partition coefficient (Wildman–Crippen LogP) is 2.71. The number of hydrogen-bond acceptors (Lipinski definition) is 3.